The molecule has 0 heterocycles. The molecule has 5 heteroatoms. The highest BCUT2D eigenvalue weighted by Crippen LogP contribution is 2.29. The molecular weight excluding hydrogens is 276 g/mol. The third-order valence-electron chi connectivity index (χ3n) is 2.51. The summed E-state index contributed by atoms with van der Waals surface area (Å²) in [6.45, 7) is 4.71. The monoisotopic (exact) mass is 293 g/mol. The van der Waals surface area contributed by atoms with Crippen molar-refractivity contribution in [2.45, 2.75) is 26.3 Å². The smallest absolute Gasteiger partial charge is 0.165 e. The van der Waals surface area contributed by atoms with Gasteiger partial charge in [-0.15, -0.1) is 0 Å². The minimum atomic E-state index is -0.849. The maximum absolute atomic E-state index is 13.8. The standard InChI is InChI=1S/C13H18ClF2NS/c1-3-7-18-8-11(17-4-2)12-9(14)5-6-10(15)13(12)16/h5-6,11,17H,3-4,7-8H2,1-2H3. The van der Waals surface area contributed by atoms with Gasteiger partial charge in [0.1, 0.15) is 0 Å². The van der Waals surface area contributed by atoms with Gasteiger partial charge < -0.3 is 5.32 Å². The number of rotatable bonds is 7. The third kappa shape index (κ3) is 4.11. The zero-order valence-electron chi connectivity index (χ0n) is 10.6. The van der Waals surface area contributed by atoms with Crippen LogP contribution >= 0.6 is 23.4 Å². The molecule has 0 spiro atoms. The van der Waals surface area contributed by atoms with E-state index in [1.165, 1.54) is 6.07 Å². The number of thioether (sulfide) groups is 1. The van der Waals surface area contributed by atoms with Crippen LogP contribution in [0.5, 0.6) is 0 Å². The summed E-state index contributed by atoms with van der Waals surface area (Å²) in [5.74, 6) is -0.0126. The molecule has 1 N–H and O–H groups in total. The Balaban J connectivity index is 2.93. The fourth-order valence-corrected chi connectivity index (χ4v) is 2.95. The summed E-state index contributed by atoms with van der Waals surface area (Å²) in [6.07, 6.45) is 1.06. The quantitative estimate of drug-likeness (QED) is 0.590. The Morgan fingerprint density at radius 2 is 2.06 bits per heavy atom. The second-order valence-corrected chi connectivity index (χ2v) is 5.50. The molecule has 1 aromatic rings. The fourth-order valence-electron chi connectivity index (χ4n) is 1.70. The lowest BCUT2D eigenvalue weighted by Gasteiger charge is -2.20. The van der Waals surface area contributed by atoms with E-state index >= 15 is 0 Å². The van der Waals surface area contributed by atoms with Gasteiger partial charge in [0.25, 0.3) is 0 Å². The van der Waals surface area contributed by atoms with Crippen molar-refractivity contribution in [3.05, 3.63) is 34.4 Å². The molecule has 0 saturated carbocycles. The Kier molecular flexibility index (Phi) is 6.97. The summed E-state index contributed by atoms with van der Waals surface area (Å²) in [5.41, 5.74) is 0.238. The van der Waals surface area contributed by atoms with E-state index in [-0.39, 0.29) is 16.6 Å². The Hall–Kier alpha value is -0.320. The van der Waals surface area contributed by atoms with Crippen molar-refractivity contribution in [3.8, 4) is 0 Å². The van der Waals surface area contributed by atoms with E-state index in [1.54, 1.807) is 11.8 Å². The van der Waals surface area contributed by atoms with Gasteiger partial charge in [0, 0.05) is 22.4 Å². The average molecular weight is 294 g/mol. The fraction of sp³-hybridized carbons (Fsp3) is 0.538. The van der Waals surface area contributed by atoms with E-state index in [0.29, 0.717) is 12.3 Å². The third-order valence-corrected chi connectivity index (χ3v) is 4.11. The highest BCUT2D eigenvalue weighted by Gasteiger charge is 2.21. The van der Waals surface area contributed by atoms with Crippen molar-refractivity contribution < 1.29 is 8.78 Å². The van der Waals surface area contributed by atoms with E-state index in [2.05, 4.69) is 12.2 Å². The zero-order valence-corrected chi connectivity index (χ0v) is 12.2. The van der Waals surface area contributed by atoms with Gasteiger partial charge in [-0.3, -0.25) is 0 Å². The minimum absolute atomic E-state index is 0.238. The first-order valence-corrected chi connectivity index (χ1v) is 7.59. The molecule has 0 aliphatic heterocycles. The topological polar surface area (TPSA) is 12.0 Å². The van der Waals surface area contributed by atoms with Crippen LogP contribution in [0.3, 0.4) is 0 Å². The van der Waals surface area contributed by atoms with Crippen LogP contribution in [-0.4, -0.2) is 18.1 Å². The first-order chi connectivity index (χ1) is 8.61. The van der Waals surface area contributed by atoms with Crippen LogP contribution < -0.4 is 5.32 Å². The Labute approximate surface area is 116 Å². The molecule has 18 heavy (non-hydrogen) atoms. The summed E-state index contributed by atoms with van der Waals surface area (Å²) in [7, 11) is 0. The Morgan fingerprint density at radius 3 is 2.67 bits per heavy atom. The van der Waals surface area contributed by atoms with Crippen molar-refractivity contribution in [3.63, 3.8) is 0 Å². The first kappa shape index (κ1) is 15.7. The van der Waals surface area contributed by atoms with Crippen molar-refractivity contribution in [2.24, 2.45) is 0 Å². The summed E-state index contributed by atoms with van der Waals surface area (Å²) in [6, 6.07) is 2.21. The van der Waals surface area contributed by atoms with Gasteiger partial charge in [0.2, 0.25) is 0 Å². The molecule has 1 atom stereocenters. The van der Waals surface area contributed by atoms with Crippen LogP contribution in [0, 0.1) is 11.6 Å². The zero-order chi connectivity index (χ0) is 13.5. The van der Waals surface area contributed by atoms with Crippen LogP contribution in [0.1, 0.15) is 31.9 Å². The molecular formula is C13H18ClF2NS. The lowest BCUT2D eigenvalue weighted by molar-refractivity contribution is 0.478. The molecule has 0 amide bonds. The van der Waals surface area contributed by atoms with Crippen molar-refractivity contribution in [2.75, 3.05) is 18.1 Å². The minimum Gasteiger partial charge on any atom is -0.309 e. The highest BCUT2D eigenvalue weighted by molar-refractivity contribution is 7.99. The van der Waals surface area contributed by atoms with Crippen molar-refractivity contribution in [1.82, 2.24) is 5.32 Å². The summed E-state index contributed by atoms with van der Waals surface area (Å²) in [5, 5.41) is 3.43. The van der Waals surface area contributed by atoms with Gasteiger partial charge in [0.15, 0.2) is 11.6 Å². The van der Waals surface area contributed by atoms with Gasteiger partial charge in [0.05, 0.1) is 0 Å². The lowest BCUT2D eigenvalue weighted by Crippen LogP contribution is -2.25. The molecule has 0 aliphatic rings. The summed E-state index contributed by atoms with van der Waals surface area (Å²) in [4.78, 5) is 0. The maximum Gasteiger partial charge on any atom is 0.165 e. The summed E-state index contributed by atoms with van der Waals surface area (Å²) >= 11 is 7.70. The van der Waals surface area contributed by atoms with Crippen LogP contribution in [0.15, 0.2) is 12.1 Å². The SMILES string of the molecule is CCCSCC(NCC)c1c(Cl)ccc(F)c1F. The summed E-state index contributed by atoms with van der Waals surface area (Å²) < 4.78 is 27.1. The lowest BCUT2D eigenvalue weighted by atomic mass is 10.1. The molecule has 0 fully saturated rings. The van der Waals surface area contributed by atoms with Crippen LogP contribution in [0.2, 0.25) is 5.02 Å². The second kappa shape index (κ2) is 7.97. The first-order valence-electron chi connectivity index (χ1n) is 6.06. The van der Waals surface area contributed by atoms with Gasteiger partial charge in [-0.05, 0) is 30.9 Å². The van der Waals surface area contributed by atoms with Crippen molar-refractivity contribution >= 4 is 23.4 Å². The molecule has 0 radical (unpaired) electrons. The average Bonchev–Trinajstić information content (AvgIpc) is 2.35. The van der Waals surface area contributed by atoms with Gasteiger partial charge in [-0.1, -0.05) is 25.4 Å². The van der Waals surface area contributed by atoms with E-state index in [9.17, 15) is 8.78 Å². The molecule has 102 valence electrons. The predicted molar refractivity (Wildman–Crippen MR) is 75.4 cm³/mol. The van der Waals surface area contributed by atoms with Crippen LogP contribution in [0.4, 0.5) is 8.78 Å². The Morgan fingerprint density at radius 1 is 1.33 bits per heavy atom. The number of nitrogens with one attached hydrogen (secondary N) is 1. The number of hydrogen-bond acceptors (Lipinski definition) is 2. The van der Waals surface area contributed by atoms with E-state index < -0.39 is 11.6 Å². The van der Waals surface area contributed by atoms with E-state index in [0.717, 1.165) is 18.2 Å². The molecule has 1 unspecified atom stereocenters. The number of benzene rings is 1. The predicted octanol–water partition coefficient (Wildman–Crippen LogP) is 4.41. The number of hydrogen-bond donors (Lipinski definition) is 1. The van der Waals surface area contributed by atoms with E-state index in [4.69, 9.17) is 11.6 Å². The van der Waals surface area contributed by atoms with Crippen LogP contribution in [-0.2, 0) is 0 Å². The van der Waals surface area contributed by atoms with Gasteiger partial charge in [-0.25, -0.2) is 8.78 Å². The molecule has 0 aliphatic carbocycles. The highest BCUT2D eigenvalue weighted by atomic mass is 35.5. The normalized spacial score (nSPS) is 12.7. The molecule has 0 bridgehead atoms. The van der Waals surface area contributed by atoms with E-state index in [1.807, 2.05) is 6.92 Å². The van der Waals surface area contributed by atoms with Crippen molar-refractivity contribution in [1.29, 1.82) is 0 Å². The molecule has 0 saturated heterocycles. The molecule has 1 rings (SSSR count). The molecule has 1 aromatic carbocycles. The van der Waals surface area contributed by atoms with Gasteiger partial charge >= 0.3 is 0 Å². The maximum atomic E-state index is 13.8. The molecule has 1 nitrogen and oxygen atoms in total. The second-order valence-electron chi connectivity index (χ2n) is 3.94. The van der Waals surface area contributed by atoms with Crippen LogP contribution in [0.25, 0.3) is 0 Å². The number of halogens is 3. The van der Waals surface area contributed by atoms with Gasteiger partial charge in [-0.2, -0.15) is 11.8 Å². The molecule has 0 aromatic heterocycles. The largest absolute Gasteiger partial charge is 0.309 e. The Bertz CT molecular complexity index is 387.